The van der Waals surface area contributed by atoms with E-state index in [-0.39, 0.29) is 16.8 Å². The zero-order chi connectivity index (χ0) is 17.1. The molecule has 116 valence electrons. The smallest absolute Gasteiger partial charge is 0.337 e. The minimum Gasteiger partial charge on any atom is -0.478 e. The van der Waals surface area contributed by atoms with Crippen LogP contribution in [0.3, 0.4) is 0 Å². The molecule has 0 aliphatic rings. The van der Waals surface area contributed by atoms with Crippen LogP contribution in [-0.2, 0) is 0 Å². The lowest BCUT2D eigenvalue weighted by Gasteiger charge is -2.13. The van der Waals surface area contributed by atoms with E-state index in [1.165, 1.54) is 12.1 Å². The van der Waals surface area contributed by atoms with Crippen LogP contribution >= 0.6 is 0 Å². The number of terminal acetylenes is 1. The van der Waals surface area contributed by atoms with Crippen LogP contribution in [-0.4, -0.2) is 11.1 Å². The molecule has 2 rings (SSSR count). The van der Waals surface area contributed by atoms with Crippen molar-refractivity contribution in [2.45, 2.75) is 0 Å². The molecular formula is C17H10F3NO2. The minimum absolute atomic E-state index is 0.240. The molecule has 2 aromatic carbocycles. The van der Waals surface area contributed by atoms with Crippen molar-refractivity contribution in [1.82, 2.24) is 0 Å². The number of rotatable bonds is 4. The first-order chi connectivity index (χ1) is 10.9. The molecule has 0 radical (unpaired) electrons. The number of carboxylic acid groups (broad SMARTS) is 1. The molecule has 0 aliphatic heterocycles. The molecular weight excluding hydrogens is 307 g/mol. The van der Waals surface area contributed by atoms with Gasteiger partial charge in [0.05, 0.1) is 16.9 Å². The van der Waals surface area contributed by atoms with E-state index < -0.39 is 34.7 Å². The van der Waals surface area contributed by atoms with Crippen LogP contribution in [0, 0.1) is 29.8 Å². The molecule has 3 nitrogen and oxygen atoms in total. The van der Waals surface area contributed by atoms with E-state index in [9.17, 15) is 18.0 Å². The van der Waals surface area contributed by atoms with Gasteiger partial charge in [0.1, 0.15) is 5.82 Å². The Morgan fingerprint density at radius 2 is 1.96 bits per heavy atom. The second-order valence-electron chi connectivity index (χ2n) is 4.49. The van der Waals surface area contributed by atoms with Crippen LogP contribution in [0.2, 0.25) is 0 Å². The molecule has 0 bridgehead atoms. The van der Waals surface area contributed by atoms with E-state index >= 15 is 0 Å². The number of carbonyl (C=O) groups is 1. The van der Waals surface area contributed by atoms with Crippen molar-refractivity contribution in [3.05, 3.63) is 65.0 Å². The van der Waals surface area contributed by atoms with E-state index in [0.717, 1.165) is 18.2 Å². The molecule has 0 amide bonds. The Morgan fingerprint density at radius 1 is 1.26 bits per heavy atom. The van der Waals surface area contributed by atoms with Crippen molar-refractivity contribution < 1.29 is 23.1 Å². The Kier molecular flexibility index (Phi) is 4.42. The van der Waals surface area contributed by atoms with Crippen molar-refractivity contribution in [2.24, 2.45) is 0 Å². The highest BCUT2D eigenvalue weighted by atomic mass is 19.2. The fraction of sp³-hybridized carbons (Fsp3) is 0. The van der Waals surface area contributed by atoms with Gasteiger partial charge in [0, 0.05) is 11.1 Å². The van der Waals surface area contributed by atoms with Crippen LogP contribution in [0.4, 0.5) is 24.5 Å². The molecule has 0 unspecified atom stereocenters. The average molecular weight is 317 g/mol. The van der Waals surface area contributed by atoms with Crippen molar-refractivity contribution in [3.8, 4) is 12.3 Å². The van der Waals surface area contributed by atoms with Crippen LogP contribution < -0.4 is 5.32 Å². The number of hydrogen-bond acceptors (Lipinski definition) is 2. The van der Waals surface area contributed by atoms with Gasteiger partial charge in [-0.2, -0.15) is 0 Å². The Morgan fingerprint density at radius 3 is 2.48 bits per heavy atom. The predicted octanol–water partition coefficient (Wildman–Crippen LogP) is 4.17. The molecule has 0 saturated heterocycles. The monoisotopic (exact) mass is 317 g/mol. The lowest BCUT2D eigenvalue weighted by Crippen LogP contribution is -2.09. The third-order valence-corrected chi connectivity index (χ3v) is 3.08. The zero-order valence-electron chi connectivity index (χ0n) is 11.7. The SMILES string of the molecule is C#Cc1ccc(Nc2c(C(=O)O)cc(C=C)c(F)c2F)c(F)c1. The first-order valence-electron chi connectivity index (χ1n) is 6.30. The summed E-state index contributed by atoms with van der Waals surface area (Å²) in [6.45, 7) is 3.28. The third-order valence-electron chi connectivity index (χ3n) is 3.08. The maximum absolute atomic E-state index is 14.1. The molecule has 2 N–H and O–H groups in total. The third kappa shape index (κ3) is 3.04. The van der Waals surface area contributed by atoms with Crippen molar-refractivity contribution >= 4 is 23.4 Å². The molecule has 0 atom stereocenters. The lowest BCUT2D eigenvalue weighted by atomic mass is 10.1. The maximum Gasteiger partial charge on any atom is 0.337 e. The van der Waals surface area contributed by atoms with Gasteiger partial charge < -0.3 is 10.4 Å². The Bertz CT molecular complexity index is 854. The normalized spacial score (nSPS) is 10.0. The van der Waals surface area contributed by atoms with Gasteiger partial charge in [-0.25, -0.2) is 18.0 Å². The summed E-state index contributed by atoms with van der Waals surface area (Å²) in [6, 6.07) is 4.49. The number of benzene rings is 2. The number of halogens is 3. The summed E-state index contributed by atoms with van der Waals surface area (Å²) >= 11 is 0. The Hall–Kier alpha value is -3.20. The number of anilines is 2. The fourth-order valence-electron chi connectivity index (χ4n) is 1.93. The second kappa shape index (κ2) is 6.28. The van der Waals surface area contributed by atoms with Crippen molar-refractivity contribution in [2.75, 3.05) is 5.32 Å². The highest BCUT2D eigenvalue weighted by Crippen LogP contribution is 2.30. The summed E-state index contributed by atoms with van der Waals surface area (Å²) in [5.74, 6) is -2.85. The second-order valence-corrected chi connectivity index (χ2v) is 4.49. The fourth-order valence-corrected chi connectivity index (χ4v) is 1.93. The molecule has 0 spiro atoms. The average Bonchev–Trinajstić information content (AvgIpc) is 2.53. The molecule has 6 heteroatoms. The van der Waals surface area contributed by atoms with Gasteiger partial charge in [0.15, 0.2) is 11.6 Å². The minimum atomic E-state index is -1.50. The number of hydrogen-bond donors (Lipinski definition) is 2. The zero-order valence-corrected chi connectivity index (χ0v) is 11.7. The van der Waals surface area contributed by atoms with E-state index in [2.05, 4.69) is 17.8 Å². The Balaban J connectivity index is 2.60. The van der Waals surface area contributed by atoms with Gasteiger partial charge >= 0.3 is 5.97 Å². The summed E-state index contributed by atoms with van der Waals surface area (Å²) in [5, 5.41) is 11.4. The van der Waals surface area contributed by atoms with Crippen molar-refractivity contribution in [1.29, 1.82) is 0 Å². The summed E-state index contributed by atoms with van der Waals surface area (Å²) in [4.78, 5) is 11.2. The molecule has 23 heavy (non-hydrogen) atoms. The highest BCUT2D eigenvalue weighted by Gasteiger charge is 2.22. The highest BCUT2D eigenvalue weighted by molar-refractivity contribution is 5.96. The van der Waals surface area contributed by atoms with Gasteiger partial charge in [0.25, 0.3) is 0 Å². The molecule has 0 saturated carbocycles. The maximum atomic E-state index is 14.1. The molecule has 0 aliphatic carbocycles. The topological polar surface area (TPSA) is 49.3 Å². The van der Waals surface area contributed by atoms with E-state index in [4.69, 9.17) is 11.5 Å². The predicted molar refractivity (Wildman–Crippen MR) is 81.0 cm³/mol. The van der Waals surface area contributed by atoms with Crippen molar-refractivity contribution in [3.63, 3.8) is 0 Å². The van der Waals surface area contributed by atoms with Gasteiger partial charge in [-0.3, -0.25) is 0 Å². The number of nitrogens with one attached hydrogen (secondary N) is 1. The first-order valence-corrected chi connectivity index (χ1v) is 6.30. The summed E-state index contributed by atoms with van der Waals surface area (Å²) in [5.41, 5.74) is -1.54. The van der Waals surface area contributed by atoms with E-state index in [0.29, 0.717) is 0 Å². The van der Waals surface area contributed by atoms with Gasteiger partial charge in [-0.15, -0.1) is 6.42 Å². The lowest BCUT2D eigenvalue weighted by molar-refractivity contribution is 0.0697. The van der Waals surface area contributed by atoms with Gasteiger partial charge in [0.2, 0.25) is 0 Å². The van der Waals surface area contributed by atoms with Crippen LogP contribution in [0.15, 0.2) is 30.8 Å². The Labute approximate surface area is 130 Å². The summed E-state index contributed by atoms with van der Waals surface area (Å²) in [6.07, 6.45) is 6.11. The van der Waals surface area contributed by atoms with E-state index in [1.807, 2.05) is 0 Å². The van der Waals surface area contributed by atoms with Gasteiger partial charge in [-0.1, -0.05) is 18.6 Å². The van der Waals surface area contributed by atoms with E-state index in [1.54, 1.807) is 0 Å². The van der Waals surface area contributed by atoms with Crippen LogP contribution in [0.5, 0.6) is 0 Å². The molecule has 0 heterocycles. The summed E-state index contributed by atoms with van der Waals surface area (Å²) < 4.78 is 41.9. The summed E-state index contributed by atoms with van der Waals surface area (Å²) in [7, 11) is 0. The molecule has 0 aromatic heterocycles. The van der Waals surface area contributed by atoms with Crippen LogP contribution in [0.1, 0.15) is 21.5 Å². The number of carboxylic acids is 1. The van der Waals surface area contributed by atoms with Gasteiger partial charge in [-0.05, 0) is 24.3 Å². The largest absolute Gasteiger partial charge is 0.478 e. The first kappa shape index (κ1) is 16.2. The molecule has 0 fully saturated rings. The number of aromatic carboxylic acids is 1. The van der Waals surface area contributed by atoms with Crippen LogP contribution in [0.25, 0.3) is 6.08 Å². The molecule has 2 aromatic rings. The quantitative estimate of drug-likeness (QED) is 0.832. The standard InChI is InChI=1S/C17H10F3NO2/c1-3-9-5-6-13(12(18)7-9)21-16-11(17(22)23)8-10(4-2)14(19)15(16)20/h1,4-8,21H,2H2,(H,22,23).